The number of rotatable bonds is 5. The van der Waals surface area contributed by atoms with E-state index in [4.69, 9.17) is 0 Å². The molecule has 0 spiro atoms. The van der Waals surface area contributed by atoms with Gasteiger partial charge in [0.15, 0.2) is 0 Å². The van der Waals surface area contributed by atoms with Crippen LogP contribution < -0.4 is 5.32 Å². The first-order valence-corrected chi connectivity index (χ1v) is 5.40. The second-order valence-electron chi connectivity index (χ2n) is 3.97. The van der Waals surface area contributed by atoms with Gasteiger partial charge in [0, 0.05) is 18.3 Å². The van der Waals surface area contributed by atoms with E-state index < -0.39 is 4.92 Å². The molecule has 16 heavy (non-hydrogen) atoms. The Hall–Kier alpha value is -1.65. The van der Waals surface area contributed by atoms with Crippen molar-refractivity contribution in [3.8, 4) is 0 Å². The lowest BCUT2D eigenvalue weighted by Gasteiger charge is -2.11. The van der Waals surface area contributed by atoms with Crippen molar-refractivity contribution in [2.24, 2.45) is 5.92 Å². The monoisotopic (exact) mass is 223 g/mol. The lowest BCUT2D eigenvalue weighted by Crippen LogP contribution is -2.12. The maximum Gasteiger partial charge on any atom is 0.311 e. The van der Waals surface area contributed by atoms with Gasteiger partial charge in [-0.25, -0.2) is 4.98 Å². The number of aromatic nitrogens is 1. The van der Waals surface area contributed by atoms with Crippen LogP contribution in [0.2, 0.25) is 0 Å². The van der Waals surface area contributed by atoms with Gasteiger partial charge in [-0.2, -0.15) is 0 Å². The largest absolute Gasteiger partial charge is 0.364 e. The van der Waals surface area contributed by atoms with Crippen molar-refractivity contribution < 1.29 is 4.92 Å². The Balaban J connectivity index is 2.84. The first kappa shape index (κ1) is 12.4. The first-order chi connectivity index (χ1) is 7.54. The Morgan fingerprint density at radius 3 is 2.81 bits per heavy atom. The Bertz CT molecular complexity index is 379. The molecule has 1 atom stereocenters. The van der Waals surface area contributed by atoms with Crippen LogP contribution in [0.1, 0.15) is 26.0 Å². The molecule has 5 nitrogen and oxygen atoms in total. The van der Waals surface area contributed by atoms with E-state index in [1.807, 2.05) is 6.92 Å². The molecule has 0 aliphatic rings. The zero-order valence-corrected chi connectivity index (χ0v) is 9.86. The van der Waals surface area contributed by atoms with Crippen LogP contribution in [0.25, 0.3) is 0 Å². The number of nitro groups is 1. The van der Waals surface area contributed by atoms with Crippen molar-refractivity contribution in [3.63, 3.8) is 0 Å². The highest BCUT2D eigenvalue weighted by Gasteiger charge is 2.15. The molecule has 0 aliphatic carbocycles. The number of nitrogens with zero attached hydrogens (tertiary/aromatic N) is 2. The van der Waals surface area contributed by atoms with E-state index in [9.17, 15) is 10.1 Å². The molecule has 0 saturated heterocycles. The van der Waals surface area contributed by atoms with Crippen LogP contribution in [0.4, 0.5) is 11.5 Å². The van der Waals surface area contributed by atoms with Crippen molar-refractivity contribution in [1.82, 2.24) is 4.98 Å². The molecule has 88 valence electrons. The van der Waals surface area contributed by atoms with Crippen molar-refractivity contribution in [2.45, 2.75) is 27.2 Å². The van der Waals surface area contributed by atoms with Gasteiger partial charge in [-0.05, 0) is 18.9 Å². The molecule has 0 saturated carbocycles. The molecular formula is C11H17N3O2. The lowest BCUT2D eigenvalue weighted by atomic mass is 10.1. The Morgan fingerprint density at radius 2 is 2.25 bits per heavy atom. The third-order valence-corrected chi connectivity index (χ3v) is 2.52. The van der Waals surface area contributed by atoms with Gasteiger partial charge in [-0.15, -0.1) is 0 Å². The van der Waals surface area contributed by atoms with Crippen LogP contribution in [0.5, 0.6) is 0 Å². The summed E-state index contributed by atoms with van der Waals surface area (Å²) in [6, 6.07) is 3.13. The van der Waals surface area contributed by atoms with E-state index in [-0.39, 0.29) is 5.69 Å². The second kappa shape index (κ2) is 5.44. The number of hydrogen-bond acceptors (Lipinski definition) is 4. The van der Waals surface area contributed by atoms with Gasteiger partial charge >= 0.3 is 5.69 Å². The van der Waals surface area contributed by atoms with Crippen molar-refractivity contribution in [1.29, 1.82) is 0 Å². The van der Waals surface area contributed by atoms with E-state index in [0.29, 0.717) is 18.3 Å². The van der Waals surface area contributed by atoms with Crippen LogP contribution in [-0.2, 0) is 0 Å². The summed E-state index contributed by atoms with van der Waals surface area (Å²) in [5, 5.41) is 13.8. The van der Waals surface area contributed by atoms with Gasteiger partial charge in [0.05, 0.1) is 4.92 Å². The average molecular weight is 223 g/mol. The molecule has 1 heterocycles. The number of aryl methyl sites for hydroxylation is 1. The minimum Gasteiger partial charge on any atom is -0.364 e. The standard InChI is InChI=1S/C11H17N3O2/c1-4-8(2)7-12-11-10(14(15)16)6-5-9(3)13-11/h5-6,8H,4,7H2,1-3H3,(H,12,13). The highest BCUT2D eigenvalue weighted by molar-refractivity contribution is 5.56. The molecular weight excluding hydrogens is 206 g/mol. The molecule has 1 unspecified atom stereocenters. The lowest BCUT2D eigenvalue weighted by molar-refractivity contribution is -0.384. The third-order valence-electron chi connectivity index (χ3n) is 2.52. The molecule has 0 bridgehead atoms. The Morgan fingerprint density at radius 1 is 1.56 bits per heavy atom. The molecule has 0 fully saturated rings. The summed E-state index contributed by atoms with van der Waals surface area (Å²) in [5.74, 6) is 0.840. The number of anilines is 1. The van der Waals surface area contributed by atoms with Crippen molar-refractivity contribution in [2.75, 3.05) is 11.9 Å². The summed E-state index contributed by atoms with van der Waals surface area (Å²) >= 11 is 0. The fourth-order valence-electron chi connectivity index (χ4n) is 1.24. The van der Waals surface area contributed by atoms with Crippen LogP contribution in [0.15, 0.2) is 12.1 Å². The summed E-state index contributed by atoms with van der Waals surface area (Å²) in [7, 11) is 0. The molecule has 0 radical (unpaired) electrons. The molecule has 1 aromatic heterocycles. The van der Waals surface area contributed by atoms with Crippen molar-refractivity contribution >= 4 is 11.5 Å². The molecule has 0 amide bonds. The first-order valence-electron chi connectivity index (χ1n) is 5.40. The predicted octanol–water partition coefficient (Wildman–Crippen LogP) is 2.76. The normalized spacial score (nSPS) is 12.2. The van der Waals surface area contributed by atoms with Gasteiger partial charge in [0.25, 0.3) is 0 Å². The number of hydrogen-bond donors (Lipinski definition) is 1. The zero-order chi connectivity index (χ0) is 12.1. The number of pyridine rings is 1. The number of nitrogens with one attached hydrogen (secondary N) is 1. The third kappa shape index (κ3) is 3.18. The molecule has 1 rings (SSSR count). The van der Waals surface area contributed by atoms with Crippen LogP contribution >= 0.6 is 0 Å². The Labute approximate surface area is 95.0 Å². The summed E-state index contributed by atoms with van der Waals surface area (Å²) < 4.78 is 0. The van der Waals surface area contributed by atoms with E-state index in [1.165, 1.54) is 6.07 Å². The Kier molecular flexibility index (Phi) is 4.22. The van der Waals surface area contributed by atoms with Crippen LogP contribution in [-0.4, -0.2) is 16.5 Å². The summed E-state index contributed by atoms with van der Waals surface area (Å²) in [6.07, 6.45) is 1.03. The molecule has 0 aliphatic heterocycles. The zero-order valence-electron chi connectivity index (χ0n) is 9.86. The van der Waals surface area contributed by atoms with E-state index in [2.05, 4.69) is 24.1 Å². The fourth-order valence-corrected chi connectivity index (χ4v) is 1.24. The van der Waals surface area contributed by atoms with Crippen molar-refractivity contribution in [3.05, 3.63) is 27.9 Å². The topological polar surface area (TPSA) is 68.1 Å². The van der Waals surface area contributed by atoms with Crippen LogP contribution in [0, 0.1) is 23.0 Å². The van der Waals surface area contributed by atoms with Gasteiger partial charge in [-0.1, -0.05) is 20.3 Å². The molecule has 5 heteroatoms. The van der Waals surface area contributed by atoms with Gasteiger partial charge < -0.3 is 5.32 Å². The summed E-state index contributed by atoms with van der Waals surface area (Å²) in [4.78, 5) is 14.5. The minimum atomic E-state index is -0.411. The smallest absolute Gasteiger partial charge is 0.311 e. The highest BCUT2D eigenvalue weighted by Crippen LogP contribution is 2.22. The maximum atomic E-state index is 10.8. The van der Waals surface area contributed by atoms with Gasteiger partial charge in [0.2, 0.25) is 5.82 Å². The van der Waals surface area contributed by atoms with E-state index in [0.717, 1.165) is 12.1 Å². The summed E-state index contributed by atoms with van der Waals surface area (Å²) in [5.41, 5.74) is 0.811. The SMILES string of the molecule is CCC(C)CNc1nc(C)ccc1[N+](=O)[O-]. The average Bonchev–Trinajstić information content (AvgIpc) is 2.25. The quantitative estimate of drug-likeness (QED) is 0.615. The van der Waals surface area contributed by atoms with E-state index in [1.54, 1.807) is 6.07 Å². The second-order valence-corrected chi connectivity index (χ2v) is 3.97. The fraction of sp³-hybridized carbons (Fsp3) is 0.545. The molecule has 1 aromatic rings. The highest BCUT2D eigenvalue weighted by atomic mass is 16.6. The minimum absolute atomic E-state index is 0.0360. The molecule has 1 N–H and O–H groups in total. The van der Waals surface area contributed by atoms with Gasteiger partial charge in [0.1, 0.15) is 0 Å². The van der Waals surface area contributed by atoms with Gasteiger partial charge in [-0.3, -0.25) is 10.1 Å². The summed E-state index contributed by atoms with van der Waals surface area (Å²) in [6.45, 7) is 6.70. The molecule has 0 aromatic carbocycles. The maximum absolute atomic E-state index is 10.8. The van der Waals surface area contributed by atoms with E-state index >= 15 is 0 Å². The van der Waals surface area contributed by atoms with Crippen LogP contribution in [0.3, 0.4) is 0 Å². The predicted molar refractivity (Wildman–Crippen MR) is 63.6 cm³/mol.